The van der Waals surface area contributed by atoms with Gasteiger partial charge in [0.2, 0.25) is 0 Å². The van der Waals surface area contributed by atoms with Crippen LogP contribution in [0.15, 0.2) is 78.3 Å². The van der Waals surface area contributed by atoms with Crippen molar-refractivity contribution in [2.24, 2.45) is 0 Å². The minimum absolute atomic E-state index is 0.265. The van der Waals surface area contributed by atoms with Crippen molar-refractivity contribution in [3.05, 3.63) is 84.7 Å². The normalized spacial score (nSPS) is 11.3. The molecule has 0 aliphatic heterocycles. The summed E-state index contributed by atoms with van der Waals surface area (Å²) in [6.07, 6.45) is 3.19. The first-order valence-corrected chi connectivity index (χ1v) is 8.69. The van der Waals surface area contributed by atoms with Crippen LogP contribution >= 0.6 is 0 Å². The Morgan fingerprint density at radius 3 is 2.22 bits per heavy atom. The molecule has 0 fully saturated rings. The van der Waals surface area contributed by atoms with Gasteiger partial charge in [-0.1, -0.05) is 54.6 Å². The van der Waals surface area contributed by atoms with E-state index in [1.807, 2.05) is 43.3 Å². The lowest BCUT2D eigenvalue weighted by atomic mass is 10.1. The highest BCUT2D eigenvalue weighted by Gasteiger charge is 2.20. The first kappa shape index (κ1) is 15.3. The monoisotopic (exact) mass is 323 g/mol. The molecule has 0 unspecified atom stereocenters. The molecule has 1 aromatic heterocycles. The topological polar surface area (TPSA) is 39.1 Å². The van der Waals surface area contributed by atoms with Crippen LogP contribution in [0.2, 0.25) is 0 Å². The number of rotatable bonds is 4. The molecular weight excluding hydrogens is 306 g/mol. The van der Waals surface area contributed by atoms with Gasteiger partial charge in [0.05, 0.1) is 10.6 Å². The summed E-state index contributed by atoms with van der Waals surface area (Å²) in [5.41, 5.74) is 3.37. The molecule has 23 heavy (non-hydrogen) atoms. The van der Waals surface area contributed by atoms with Crippen molar-refractivity contribution in [3.8, 4) is 11.1 Å². The maximum absolute atomic E-state index is 12.9. The molecule has 0 spiro atoms. The fourth-order valence-electron chi connectivity index (χ4n) is 2.43. The Morgan fingerprint density at radius 1 is 0.957 bits per heavy atom. The zero-order valence-corrected chi connectivity index (χ0v) is 13.6. The van der Waals surface area contributed by atoms with Gasteiger partial charge in [-0.3, -0.25) is 0 Å². The third-order valence-corrected chi connectivity index (χ3v) is 5.41. The lowest BCUT2D eigenvalue weighted by molar-refractivity contribution is 0.587. The van der Waals surface area contributed by atoms with Crippen molar-refractivity contribution in [3.63, 3.8) is 0 Å². The van der Waals surface area contributed by atoms with Crippen molar-refractivity contribution in [1.29, 1.82) is 0 Å². The minimum atomic E-state index is -3.64. The Labute approximate surface area is 136 Å². The number of hydrogen-bond donors (Lipinski definition) is 0. The van der Waals surface area contributed by atoms with Gasteiger partial charge in [-0.15, -0.1) is 0 Å². The van der Waals surface area contributed by atoms with E-state index in [0.717, 1.165) is 16.7 Å². The molecule has 4 heteroatoms. The number of hydrogen-bond acceptors (Lipinski definition) is 2. The van der Waals surface area contributed by atoms with Crippen LogP contribution in [-0.4, -0.2) is 12.4 Å². The quantitative estimate of drug-likeness (QED) is 0.716. The Hall–Kier alpha value is -2.59. The molecule has 0 atom stereocenters. The van der Waals surface area contributed by atoms with Gasteiger partial charge >= 0.3 is 0 Å². The van der Waals surface area contributed by atoms with E-state index < -0.39 is 10.0 Å². The summed E-state index contributed by atoms with van der Waals surface area (Å²) in [7, 11) is -3.64. The Kier molecular flexibility index (Phi) is 3.92. The minimum Gasteiger partial charge on any atom is -0.241 e. The maximum Gasteiger partial charge on any atom is 0.268 e. The highest BCUT2D eigenvalue weighted by Crippen LogP contribution is 2.26. The van der Waals surface area contributed by atoms with E-state index in [2.05, 4.69) is 6.58 Å². The second-order valence-electron chi connectivity index (χ2n) is 5.34. The molecule has 3 aromatic rings. The number of aromatic nitrogens is 1. The largest absolute Gasteiger partial charge is 0.268 e. The number of aryl methyl sites for hydroxylation is 1. The zero-order valence-electron chi connectivity index (χ0n) is 12.8. The van der Waals surface area contributed by atoms with Crippen LogP contribution in [0.3, 0.4) is 0 Å². The zero-order chi connectivity index (χ0) is 16.4. The van der Waals surface area contributed by atoms with Gasteiger partial charge in [-0.25, -0.2) is 12.4 Å². The molecule has 2 aromatic carbocycles. The molecule has 0 amide bonds. The average Bonchev–Trinajstić information content (AvgIpc) is 3.01. The van der Waals surface area contributed by atoms with Crippen LogP contribution in [0.5, 0.6) is 0 Å². The molecule has 0 radical (unpaired) electrons. The SMILES string of the molecule is C=Cc1cc(-c2ccccc2)cn1S(=O)(=O)c1ccc(C)cc1. The van der Waals surface area contributed by atoms with E-state index in [9.17, 15) is 8.42 Å². The molecule has 116 valence electrons. The fourth-order valence-corrected chi connectivity index (χ4v) is 3.79. The van der Waals surface area contributed by atoms with Gasteiger partial charge in [0, 0.05) is 11.8 Å². The molecule has 0 saturated heterocycles. The van der Waals surface area contributed by atoms with Crippen molar-refractivity contribution in [1.82, 2.24) is 3.97 Å². The summed E-state index contributed by atoms with van der Waals surface area (Å²) in [5, 5.41) is 0. The standard InChI is InChI=1S/C19H17NO2S/c1-3-18-13-17(16-7-5-4-6-8-16)14-20(18)23(21,22)19-11-9-15(2)10-12-19/h3-14H,1H2,2H3. The summed E-state index contributed by atoms with van der Waals surface area (Å²) < 4.78 is 27.1. The summed E-state index contributed by atoms with van der Waals surface area (Å²) in [5.74, 6) is 0. The van der Waals surface area contributed by atoms with Crippen LogP contribution < -0.4 is 0 Å². The average molecular weight is 323 g/mol. The molecule has 0 aliphatic carbocycles. The van der Waals surface area contributed by atoms with E-state index in [-0.39, 0.29) is 4.90 Å². The molecule has 3 rings (SSSR count). The van der Waals surface area contributed by atoms with E-state index in [4.69, 9.17) is 0 Å². The van der Waals surface area contributed by atoms with Crippen LogP contribution in [0.4, 0.5) is 0 Å². The van der Waals surface area contributed by atoms with E-state index in [0.29, 0.717) is 5.69 Å². The van der Waals surface area contributed by atoms with Crippen LogP contribution in [-0.2, 0) is 10.0 Å². The van der Waals surface area contributed by atoms with Gasteiger partial charge in [0.15, 0.2) is 0 Å². The predicted molar refractivity (Wildman–Crippen MR) is 93.7 cm³/mol. The second kappa shape index (κ2) is 5.89. The van der Waals surface area contributed by atoms with E-state index in [1.165, 1.54) is 3.97 Å². The summed E-state index contributed by atoms with van der Waals surface area (Å²) >= 11 is 0. The molecule has 3 nitrogen and oxygen atoms in total. The summed E-state index contributed by atoms with van der Waals surface area (Å²) in [6.45, 7) is 5.66. The van der Waals surface area contributed by atoms with Gasteiger partial charge in [-0.05, 0) is 36.8 Å². The highest BCUT2D eigenvalue weighted by atomic mass is 32.2. The second-order valence-corrected chi connectivity index (χ2v) is 7.15. The Morgan fingerprint density at radius 2 is 1.61 bits per heavy atom. The Bertz CT molecular complexity index is 937. The lowest BCUT2D eigenvalue weighted by Gasteiger charge is -2.08. The van der Waals surface area contributed by atoms with Crippen LogP contribution in [0.25, 0.3) is 17.2 Å². The fraction of sp³-hybridized carbons (Fsp3) is 0.0526. The van der Waals surface area contributed by atoms with Gasteiger partial charge in [-0.2, -0.15) is 0 Å². The molecule has 0 saturated carbocycles. The van der Waals surface area contributed by atoms with Crippen molar-refractivity contribution in [2.75, 3.05) is 0 Å². The molecule has 0 aliphatic rings. The molecular formula is C19H17NO2S. The van der Waals surface area contributed by atoms with Crippen molar-refractivity contribution < 1.29 is 8.42 Å². The van der Waals surface area contributed by atoms with Gasteiger partial charge in [0.1, 0.15) is 0 Å². The highest BCUT2D eigenvalue weighted by molar-refractivity contribution is 7.90. The van der Waals surface area contributed by atoms with Gasteiger partial charge in [0.25, 0.3) is 10.0 Å². The van der Waals surface area contributed by atoms with Gasteiger partial charge < -0.3 is 0 Å². The summed E-state index contributed by atoms with van der Waals surface area (Å²) in [6, 6.07) is 18.3. The molecule has 0 N–H and O–H groups in total. The summed E-state index contributed by atoms with van der Waals surface area (Å²) in [4.78, 5) is 0.265. The van der Waals surface area contributed by atoms with E-state index >= 15 is 0 Å². The number of benzene rings is 2. The van der Waals surface area contributed by atoms with Crippen LogP contribution in [0.1, 0.15) is 11.3 Å². The van der Waals surface area contributed by atoms with Crippen molar-refractivity contribution >= 4 is 16.1 Å². The predicted octanol–water partition coefficient (Wildman–Crippen LogP) is 4.34. The number of nitrogens with zero attached hydrogens (tertiary/aromatic N) is 1. The molecule has 0 bridgehead atoms. The maximum atomic E-state index is 12.9. The van der Waals surface area contributed by atoms with Crippen LogP contribution in [0, 0.1) is 6.92 Å². The lowest BCUT2D eigenvalue weighted by Crippen LogP contribution is -2.13. The van der Waals surface area contributed by atoms with Crippen molar-refractivity contribution in [2.45, 2.75) is 11.8 Å². The molecule has 1 heterocycles. The first-order chi connectivity index (χ1) is 11.0. The third kappa shape index (κ3) is 2.85. The van der Waals surface area contributed by atoms with E-state index in [1.54, 1.807) is 36.5 Å². The Balaban J connectivity index is 2.14. The smallest absolute Gasteiger partial charge is 0.241 e. The first-order valence-electron chi connectivity index (χ1n) is 7.25. The third-order valence-electron chi connectivity index (χ3n) is 3.71.